The molecule has 0 aliphatic carbocycles. The van der Waals surface area contributed by atoms with Crippen LogP contribution in [0, 0.1) is 0 Å². The van der Waals surface area contributed by atoms with E-state index in [1.165, 1.54) is 12.1 Å². The molecule has 2 rings (SSSR count). The van der Waals surface area contributed by atoms with Crippen molar-refractivity contribution in [2.24, 2.45) is 0 Å². The van der Waals surface area contributed by atoms with E-state index in [2.05, 4.69) is 39.2 Å². The highest BCUT2D eigenvalue weighted by molar-refractivity contribution is 5.89. The summed E-state index contributed by atoms with van der Waals surface area (Å²) in [4.78, 5) is 14.2. The van der Waals surface area contributed by atoms with Crippen molar-refractivity contribution >= 4 is 11.7 Å². The summed E-state index contributed by atoms with van der Waals surface area (Å²) < 4.78 is 40.2. The molecule has 1 aliphatic heterocycles. The van der Waals surface area contributed by atoms with Crippen LogP contribution in [0.25, 0.3) is 0 Å². The molecule has 1 saturated heterocycles. The molecular formula is C19H20F3N3O2. The van der Waals surface area contributed by atoms with Gasteiger partial charge in [-0.2, -0.15) is 0 Å². The zero-order chi connectivity index (χ0) is 19.9. The number of urea groups is 1. The Bertz CT molecular complexity index is 750. The lowest BCUT2D eigenvalue weighted by Gasteiger charge is -2.19. The van der Waals surface area contributed by atoms with E-state index in [0.717, 1.165) is 30.8 Å². The van der Waals surface area contributed by atoms with E-state index < -0.39 is 12.4 Å². The van der Waals surface area contributed by atoms with Crippen molar-refractivity contribution in [1.82, 2.24) is 10.2 Å². The Balaban J connectivity index is 1.86. The van der Waals surface area contributed by atoms with E-state index >= 15 is 0 Å². The van der Waals surface area contributed by atoms with Gasteiger partial charge in [-0.25, -0.2) is 4.79 Å². The molecular weight excluding hydrogens is 359 g/mol. The molecule has 144 valence electrons. The molecule has 1 aromatic rings. The lowest BCUT2D eigenvalue weighted by Crippen LogP contribution is -2.39. The summed E-state index contributed by atoms with van der Waals surface area (Å²) in [6, 6.07) is 4.44. The minimum Gasteiger partial charge on any atom is -0.406 e. The Hall–Kier alpha value is -3.12. The van der Waals surface area contributed by atoms with Crippen molar-refractivity contribution < 1.29 is 22.7 Å². The number of alkyl halides is 3. The second-order valence-corrected chi connectivity index (χ2v) is 5.78. The van der Waals surface area contributed by atoms with Crippen LogP contribution in [0.5, 0.6) is 5.75 Å². The zero-order valence-electron chi connectivity index (χ0n) is 14.6. The third kappa shape index (κ3) is 6.60. The van der Waals surface area contributed by atoms with Gasteiger partial charge in [-0.1, -0.05) is 19.2 Å². The fourth-order valence-electron chi connectivity index (χ4n) is 2.68. The summed E-state index contributed by atoms with van der Waals surface area (Å²) in [5.74, 6) is -0.350. The number of rotatable bonds is 6. The average molecular weight is 379 g/mol. The molecule has 0 saturated carbocycles. The number of likely N-dealkylation sites (tertiary alicyclic amines) is 1. The van der Waals surface area contributed by atoms with Crippen LogP contribution in [-0.2, 0) is 0 Å². The van der Waals surface area contributed by atoms with Gasteiger partial charge < -0.3 is 20.3 Å². The SMILES string of the molecule is C=C=C/C(=C\C=C)N1CCC(NC(=O)Nc2ccc(OC(F)(F)F)cc2)C1. The van der Waals surface area contributed by atoms with Crippen LogP contribution < -0.4 is 15.4 Å². The Morgan fingerprint density at radius 3 is 2.63 bits per heavy atom. The van der Waals surface area contributed by atoms with Crippen molar-refractivity contribution in [1.29, 1.82) is 0 Å². The lowest BCUT2D eigenvalue weighted by atomic mass is 10.2. The second kappa shape index (κ2) is 9.00. The fraction of sp³-hybridized carbons (Fsp3) is 0.263. The van der Waals surface area contributed by atoms with Crippen molar-refractivity contribution in [3.63, 3.8) is 0 Å². The van der Waals surface area contributed by atoms with Crippen molar-refractivity contribution in [2.45, 2.75) is 18.8 Å². The molecule has 2 N–H and O–H groups in total. The van der Waals surface area contributed by atoms with Gasteiger partial charge in [-0.15, -0.1) is 18.9 Å². The smallest absolute Gasteiger partial charge is 0.406 e. The molecule has 0 radical (unpaired) electrons. The lowest BCUT2D eigenvalue weighted by molar-refractivity contribution is -0.274. The highest BCUT2D eigenvalue weighted by atomic mass is 19.4. The number of nitrogens with one attached hydrogen (secondary N) is 2. The monoisotopic (exact) mass is 379 g/mol. The van der Waals surface area contributed by atoms with E-state index in [4.69, 9.17) is 0 Å². The number of carbonyl (C=O) groups excluding carboxylic acids is 1. The molecule has 5 nitrogen and oxygen atoms in total. The maximum atomic E-state index is 12.1. The number of benzene rings is 1. The van der Waals surface area contributed by atoms with E-state index in [-0.39, 0.29) is 11.8 Å². The number of allylic oxidation sites excluding steroid dienone is 3. The number of carbonyl (C=O) groups is 1. The summed E-state index contributed by atoms with van der Waals surface area (Å²) in [7, 11) is 0. The normalized spacial score (nSPS) is 17.1. The predicted octanol–water partition coefficient (Wildman–Crippen LogP) is 4.19. The summed E-state index contributed by atoms with van der Waals surface area (Å²) in [6.45, 7) is 8.60. The zero-order valence-corrected chi connectivity index (χ0v) is 14.6. The fourth-order valence-corrected chi connectivity index (χ4v) is 2.68. The number of hydrogen-bond donors (Lipinski definition) is 2. The predicted molar refractivity (Wildman–Crippen MR) is 97.2 cm³/mol. The molecule has 1 unspecified atom stereocenters. The number of hydrogen-bond acceptors (Lipinski definition) is 3. The first-order chi connectivity index (χ1) is 12.8. The average Bonchev–Trinajstić information content (AvgIpc) is 3.03. The quantitative estimate of drug-likeness (QED) is 0.576. The van der Waals surface area contributed by atoms with Crippen LogP contribution in [0.1, 0.15) is 6.42 Å². The maximum absolute atomic E-state index is 12.1. The van der Waals surface area contributed by atoms with Gasteiger partial charge >= 0.3 is 12.4 Å². The molecule has 8 heteroatoms. The minimum atomic E-state index is -4.75. The number of nitrogens with zero attached hydrogens (tertiary/aromatic N) is 1. The Morgan fingerprint density at radius 1 is 1.33 bits per heavy atom. The summed E-state index contributed by atoms with van der Waals surface area (Å²) in [5.41, 5.74) is 3.99. The highest BCUT2D eigenvalue weighted by Gasteiger charge is 2.31. The summed E-state index contributed by atoms with van der Waals surface area (Å²) in [6.07, 6.45) is 1.26. The Labute approximate surface area is 155 Å². The maximum Gasteiger partial charge on any atom is 0.573 e. The number of halogens is 3. The first-order valence-corrected chi connectivity index (χ1v) is 8.17. The Morgan fingerprint density at radius 2 is 2.04 bits per heavy atom. The third-order valence-corrected chi connectivity index (χ3v) is 3.77. The van der Waals surface area contributed by atoms with Gasteiger partial charge in [-0.05, 0) is 36.8 Å². The first kappa shape index (κ1) is 20.2. The van der Waals surface area contributed by atoms with Gasteiger partial charge in [-0.3, -0.25) is 0 Å². The molecule has 0 aromatic heterocycles. The van der Waals surface area contributed by atoms with Crippen LogP contribution in [0.15, 0.2) is 67.1 Å². The van der Waals surface area contributed by atoms with Crippen LogP contribution in [0.4, 0.5) is 23.7 Å². The topological polar surface area (TPSA) is 53.6 Å². The standard InChI is InChI=1S/C19H20F3N3O2/c1-3-5-16(6-4-2)25-12-11-15(13-25)24-18(26)23-14-7-9-17(10-8-14)27-19(20,21)22/h3,5-10,15H,1-2,11-13H2,(H2,23,24,26)/b16-5+. The van der Waals surface area contributed by atoms with Gasteiger partial charge in [0.1, 0.15) is 5.75 Å². The molecule has 1 aromatic carbocycles. The van der Waals surface area contributed by atoms with Crippen LogP contribution in [0.2, 0.25) is 0 Å². The summed E-state index contributed by atoms with van der Waals surface area (Å²) in [5, 5.41) is 5.43. The first-order valence-electron chi connectivity index (χ1n) is 8.17. The summed E-state index contributed by atoms with van der Waals surface area (Å²) >= 11 is 0. The minimum absolute atomic E-state index is 0.0655. The van der Waals surface area contributed by atoms with Crippen molar-refractivity contribution in [2.75, 3.05) is 18.4 Å². The van der Waals surface area contributed by atoms with Crippen LogP contribution in [-0.4, -0.2) is 36.4 Å². The van der Waals surface area contributed by atoms with Crippen molar-refractivity contribution in [3.05, 3.63) is 67.1 Å². The molecule has 2 amide bonds. The number of anilines is 1. The third-order valence-electron chi connectivity index (χ3n) is 3.77. The van der Waals surface area contributed by atoms with E-state index in [1.807, 2.05) is 6.08 Å². The van der Waals surface area contributed by atoms with Gasteiger partial charge in [0.25, 0.3) is 0 Å². The van der Waals surface area contributed by atoms with Crippen LogP contribution in [0.3, 0.4) is 0 Å². The molecule has 0 spiro atoms. The van der Waals surface area contributed by atoms with Gasteiger partial charge in [0.05, 0.1) is 0 Å². The molecule has 1 atom stereocenters. The van der Waals surface area contributed by atoms with Crippen LogP contribution >= 0.6 is 0 Å². The molecule has 0 bridgehead atoms. The number of amides is 2. The van der Waals surface area contributed by atoms with E-state index in [0.29, 0.717) is 12.2 Å². The van der Waals surface area contributed by atoms with Gasteiger partial charge in [0, 0.05) is 36.6 Å². The second-order valence-electron chi connectivity index (χ2n) is 5.78. The Kier molecular flexibility index (Phi) is 6.73. The van der Waals surface area contributed by atoms with E-state index in [1.54, 1.807) is 12.2 Å². The largest absolute Gasteiger partial charge is 0.573 e. The van der Waals surface area contributed by atoms with E-state index in [9.17, 15) is 18.0 Å². The van der Waals surface area contributed by atoms with Gasteiger partial charge in [0.2, 0.25) is 0 Å². The number of ether oxygens (including phenoxy) is 1. The molecule has 1 heterocycles. The molecule has 1 aliphatic rings. The molecule has 1 fully saturated rings. The molecule has 27 heavy (non-hydrogen) atoms. The van der Waals surface area contributed by atoms with Crippen molar-refractivity contribution in [3.8, 4) is 5.75 Å². The highest BCUT2D eigenvalue weighted by Crippen LogP contribution is 2.24. The van der Waals surface area contributed by atoms with Gasteiger partial charge in [0.15, 0.2) is 0 Å².